The molecule has 1 aromatic carbocycles. The Morgan fingerprint density at radius 1 is 1.39 bits per heavy atom. The van der Waals surface area contributed by atoms with Crippen molar-refractivity contribution in [1.29, 1.82) is 0 Å². The maximum atomic E-state index is 13.7. The van der Waals surface area contributed by atoms with Gasteiger partial charge >= 0.3 is 0 Å². The summed E-state index contributed by atoms with van der Waals surface area (Å²) < 4.78 is 18.7. The van der Waals surface area contributed by atoms with Crippen LogP contribution in [-0.2, 0) is 6.54 Å². The number of halogens is 1. The zero-order valence-corrected chi connectivity index (χ0v) is 13.2. The summed E-state index contributed by atoms with van der Waals surface area (Å²) in [5.74, 6) is 0.867. The molecule has 6 heteroatoms. The van der Waals surface area contributed by atoms with Crippen LogP contribution < -0.4 is 15.0 Å². The third-order valence-electron chi connectivity index (χ3n) is 4.11. The van der Waals surface area contributed by atoms with E-state index in [0.29, 0.717) is 12.6 Å². The zero-order chi connectivity index (χ0) is 16.1. The predicted molar refractivity (Wildman–Crippen MR) is 87.1 cm³/mol. The van der Waals surface area contributed by atoms with Crippen LogP contribution in [0.1, 0.15) is 18.4 Å². The summed E-state index contributed by atoms with van der Waals surface area (Å²) >= 11 is 0. The predicted octanol–water partition coefficient (Wildman–Crippen LogP) is 2.38. The molecule has 1 unspecified atom stereocenters. The Balaban J connectivity index is 1.57. The first-order valence-electron chi connectivity index (χ1n) is 7.84. The number of piperidine rings is 1. The standard InChI is InChI=1S/C17H21FN4O/c1-23-16-7-6-13(10-15(16)18)11-19-14-4-3-9-22(12-14)17-5-2-8-20-21-17/h2,5-8,10,14,19H,3-4,9,11-12H2,1H3. The molecule has 122 valence electrons. The van der Waals surface area contributed by atoms with Crippen molar-refractivity contribution in [3.63, 3.8) is 0 Å². The Labute approximate surface area is 135 Å². The molecule has 2 heterocycles. The number of aromatic nitrogens is 2. The second-order valence-corrected chi connectivity index (χ2v) is 5.72. The van der Waals surface area contributed by atoms with E-state index in [0.717, 1.165) is 37.3 Å². The molecule has 1 N–H and O–H groups in total. The van der Waals surface area contributed by atoms with Crippen molar-refractivity contribution in [3.05, 3.63) is 47.9 Å². The summed E-state index contributed by atoms with van der Waals surface area (Å²) in [7, 11) is 1.47. The number of hydrogen-bond acceptors (Lipinski definition) is 5. The summed E-state index contributed by atoms with van der Waals surface area (Å²) in [5, 5.41) is 11.6. The summed E-state index contributed by atoms with van der Waals surface area (Å²) in [4.78, 5) is 2.24. The Hall–Kier alpha value is -2.21. The van der Waals surface area contributed by atoms with E-state index >= 15 is 0 Å². The van der Waals surface area contributed by atoms with Crippen molar-refractivity contribution in [2.75, 3.05) is 25.1 Å². The minimum Gasteiger partial charge on any atom is -0.494 e. The van der Waals surface area contributed by atoms with Crippen LogP contribution >= 0.6 is 0 Å². The second-order valence-electron chi connectivity index (χ2n) is 5.72. The quantitative estimate of drug-likeness (QED) is 0.918. The molecule has 1 atom stereocenters. The zero-order valence-electron chi connectivity index (χ0n) is 13.2. The second kappa shape index (κ2) is 7.37. The first-order valence-corrected chi connectivity index (χ1v) is 7.84. The van der Waals surface area contributed by atoms with Gasteiger partial charge in [0.15, 0.2) is 17.4 Å². The molecule has 0 bridgehead atoms. The van der Waals surface area contributed by atoms with Gasteiger partial charge in [-0.15, -0.1) is 5.10 Å². The molecule has 5 nitrogen and oxygen atoms in total. The Bertz CT molecular complexity index is 638. The molecule has 1 aliphatic rings. The number of ether oxygens (including phenoxy) is 1. The molecule has 1 aliphatic heterocycles. The fourth-order valence-electron chi connectivity index (χ4n) is 2.90. The SMILES string of the molecule is COc1ccc(CNC2CCCN(c3cccnn3)C2)cc1F. The van der Waals surface area contributed by atoms with E-state index in [4.69, 9.17) is 4.74 Å². The normalized spacial score (nSPS) is 18.0. The summed E-state index contributed by atoms with van der Waals surface area (Å²) in [6, 6.07) is 9.32. The fourth-order valence-corrected chi connectivity index (χ4v) is 2.90. The third-order valence-corrected chi connectivity index (χ3v) is 4.11. The van der Waals surface area contributed by atoms with Gasteiger partial charge < -0.3 is 15.0 Å². The van der Waals surface area contributed by atoms with Gasteiger partial charge in [-0.05, 0) is 42.7 Å². The Morgan fingerprint density at radius 2 is 2.30 bits per heavy atom. The van der Waals surface area contributed by atoms with Gasteiger partial charge in [0.1, 0.15) is 0 Å². The number of anilines is 1. The van der Waals surface area contributed by atoms with Gasteiger partial charge in [-0.1, -0.05) is 6.07 Å². The largest absolute Gasteiger partial charge is 0.494 e. The maximum absolute atomic E-state index is 13.7. The van der Waals surface area contributed by atoms with Crippen molar-refractivity contribution >= 4 is 5.82 Å². The number of rotatable bonds is 5. The van der Waals surface area contributed by atoms with E-state index in [1.54, 1.807) is 12.3 Å². The minimum absolute atomic E-state index is 0.278. The molecule has 3 rings (SSSR count). The molecule has 0 saturated carbocycles. The molecule has 0 amide bonds. The van der Waals surface area contributed by atoms with Crippen molar-refractivity contribution in [2.45, 2.75) is 25.4 Å². The van der Waals surface area contributed by atoms with Crippen molar-refractivity contribution < 1.29 is 9.13 Å². The van der Waals surface area contributed by atoms with Crippen LogP contribution in [0.5, 0.6) is 5.75 Å². The van der Waals surface area contributed by atoms with E-state index in [2.05, 4.69) is 20.4 Å². The lowest BCUT2D eigenvalue weighted by molar-refractivity contribution is 0.385. The first-order chi connectivity index (χ1) is 11.3. The van der Waals surface area contributed by atoms with Gasteiger partial charge in [0.25, 0.3) is 0 Å². The average Bonchev–Trinajstić information content (AvgIpc) is 2.61. The monoisotopic (exact) mass is 316 g/mol. The Kier molecular flexibility index (Phi) is 5.02. The van der Waals surface area contributed by atoms with Gasteiger partial charge in [0.2, 0.25) is 0 Å². The van der Waals surface area contributed by atoms with Crippen LogP contribution in [0.3, 0.4) is 0 Å². The number of benzene rings is 1. The maximum Gasteiger partial charge on any atom is 0.165 e. The van der Waals surface area contributed by atoms with Crippen LogP contribution in [0, 0.1) is 5.82 Å². The van der Waals surface area contributed by atoms with Crippen LogP contribution in [-0.4, -0.2) is 36.4 Å². The lowest BCUT2D eigenvalue weighted by Crippen LogP contribution is -2.45. The Morgan fingerprint density at radius 3 is 3.04 bits per heavy atom. The lowest BCUT2D eigenvalue weighted by atomic mass is 10.1. The van der Waals surface area contributed by atoms with E-state index in [1.165, 1.54) is 13.2 Å². The average molecular weight is 316 g/mol. The highest BCUT2D eigenvalue weighted by Crippen LogP contribution is 2.19. The highest BCUT2D eigenvalue weighted by molar-refractivity contribution is 5.37. The summed E-state index contributed by atoms with van der Waals surface area (Å²) in [5.41, 5.74) is 0.917. The summed E-state index contributed by atoms with van der Waals surface area (Å²) in [6.45, 7) is 2.52. The molecular formula is C17H21FN4O. The van der Waals surface area contributed by atoms with E-state index in [9.17, 15) is 4.39 Å². The number of hydrogen-bond donors (Lipinski definition) is 1. The third kappa shape index (κ3) is 3.96. The molecule has 0 aliphatic carbocycles. The van der Waals surface area contributed by atoms with Crippen LogP contribution in [0.2, 0.25) is 0 Å². The van der Waals surface area contributed by atoms with Crippen molar-refractivity contribution in [3.8, 4) is 5.75 Å². The van der Waals surface area contributed by atoms with E-state index < -0.39 is 0 Å². The number of nitrogens with zero attached hydrogens (tertiary/aromatic N) is 3. The van der Waals surface area contributed by atoms with Crippen molar-refractivity contribution in [2.24, 2.45) is 0 Å². The van der Waals surface area contributed by atoms with Crippen LogP contribution in [0.25, 0.3) is 0 Å². The van der Waals surface area contributed by atoms with Crippen LogP contribution in [0.4, 0.5) is 10.2 Å². The smallest absolute Gasteiger partial charge is 0.165 e. The minimum atomic E-state index is -0.323. The topological polar surface area (TPSA) is 50.3 Å². The van der Waals surface area contributed by atoms with E-state index in [1.807, 2.05) is 18.2 Å². The highest BCUT2D eigenvalue weighted by atomic mass is 19.1. The molecule has 1 aromatic heterocycles. The molecule has 2 aromatic rings. The van der Waals surface area contributed by atoms with Crippen molar-refractivity contribution in [1.82, 2.24) is 15.5 Å². The molecular weight excluding hydrogens is 295 g/mol. The summed E-state index contributed by atoms with van der Waals surface area (Å²) in [6.07, 6.45) is 3.89. The first kappa shape index (κ1) is 15.7. The molecule has 0 spiro atoms. The van der Waals surface area contributed by atoms with Gasteiger partial charge in [-0.25, -0.2) is 4.39 Å². The number of nitrogens with one attached hydrogen (secondary N) is 1. The lowest BCUT2D eigenvalue weighted by Gasteiger charge is -2.33. The van der Waals surface area contributed by atoms with Crippen LogP contribution in [0.15, 0.2) is 36.5 Å². The molecule has 0 radical (unpaired) electrons. The molecule has 23 heavy (non-hydrogen) atoms. The van der Waals surface area contributed by atoms with Gasteiger partial charge in [-0.3, -0.25) is 0 Å². The molecule has 1 fully saturated rings. The highest BCUT2D eigenvalue weighted by Gasteiger charge is 2.20. The fraction of sp³-hybridized carbons (Fsp3) is 0.412. The van der Waals surface area contributed by atoms with E-state index in [-0.39, 0.29) is 11.6 Å². The van der Waals surface area contributed by atoms with Gasteiger partial charge in [-0.2, -0.15) is 5.10 Å². The van der Waals surface area contributed by atoms with Gasteiger partial charge in [0.05, 0.1) is 7.11 Å². The van der Waals surface area contributed by atoms with Gasteiger partial charge in [0, 0.05) is 31.9 Å². The molecule has 1 saturated heterocycles. The number of methoxy groups -OCH3 is 1.